The van der Waals surface area contributed by atoms with Gasteiger partial charge in [-0.1, -0.05) is 29.8 Å². The number of halogens is 3. The third-order valence-corrected chi connectivity index (χ3v) is 3.05. The standard InChI is InChI=1S/C16H15F3O/c1-10-8-11(2)15(12(3)9-10)13-4-6-14(7-5-13)20-16(17,18)19/h4-9H,1-3H3. The van der Waals surface area contributed by atoms with Crippen LogP contribution in [0.25, 0.3) is 11.1 Å². The van der Waals surface area contributed by atoms with Crippen molar-refractivity contribution in [2.75, 3.05) is 0 Å². The molecule has 0 fully saturated rings. The van der Waals surface area contributed by atoms with E-state index in [1.165, 1.54) is 17.7 Å². The summed E-state index contributed by atoms with van der Waals surface area (Å²) >= 11 is 0. The van der Waals surface area contributed by atoms with Crippen LogP contribution in [0.2, 0.25) is 0 Å². The number of ether oxygens (including phenoxy) is 1. The Balaban J connectivity index is 2.36. The van der Waals surface area contributed by atoms with Crippen molar-refractivity contribution in [3.63, 3.8) is 0 Å². The lowest BCUT2D eigenvalue weighted by molar-refractivity contribution is -0.274. The molecule has 4 heteroatoms. The predicted molar refractivity (Wildman–Crippen MR) is 72.8 cm³/mol. The van der Waals surface area contributed by atoms with Crippen LogP contribution >= 0.6 is 0 Å². The maximum absolute atomic E-state index is 12.1. The van der Waals surface area contributed by atoms with Gasteiger partial charge in [-0.25, -0.2) is 0 Å². The van der Waals surface area contributed by atoms with Gasteiger partial charge in [0, 0.05) is 0 Å². The fraction of sp³-hybridized carbons (Fsp3) is 0.250. The highest BCUT2D eigenvalue weighted by Gasteiger charge is 2.30. The maximum Gasteiger partial charge on any atom is 0.573 e. The molecule has 0 aliphatic heterocycles. The molecule has 0 amide bonds. The molecule has 0 saturated heterocycles. The number of aryl methyl sites for hydroxylation is 3. The number of hydrogen-bond donors (Lipinski definition) is 0. The summed E-state index contributed by atoms with van der Waals surface area (Å²) in [6.07, 6.45) is -4.66. The van der Waals surface area contributed by atoms with Gasteiger partial charge in [0.2, 0.25) is 0 Å². The predicted octanol–water partition coefficient (Wildman–Crippen LogP) is 5.18. The van der Waals surface area contributed by atoms with E-state index in [2.05, 4.69) is 16.9 Å². The topological polar surface area (TPSA) is 9.23 Å². The van der Waals surface area contributed by atoms with Crippen molar-refractivity contribution in [3.8, 4) is 16.9 Å². The van der Waals surface area contributed by atoms with E-state index >= 15 is 0 Å². The minimum absolute atomic E-state index is 0.205. The fourth-order valence-electron chi connectivity index (χ4n) is 2.46. The van der Waals surface area contributed by atoms with Gasteiger partial charge in [0.1, 0.15) is 5.75 Å². The Hall–Kier alpha value is -1.97. The van der Waals surface area contributed by atoms with Crippen LogP contribution in [0.1, 0.15) is 16.7 Å². The summed E-state index contributed by atoms with van der Waals surface area (Å²) in [7, 11) is 0. The number of rotatable bonds is 2. The lowest BCUT2D eigenvalue weighted by Gasteiger charge is -2.13. The quantitative estimate of drug-likeness (QED) is 0.736. The lowest BCUT2D eigenvalue weighted by Crippen LogP contribution is -2.16. The van der Waals surface area contributed by atoms with Gasteiger partial charge in [-0.15, -0.1) is 13.2 Å². The number of hydrogen-bond acceptors (Lipinski definition) is 1. The molecule has 0 bridgehead atoms. The smallest absolute Gasteiger partial charge is 0.406 e. The van der Waals surface area contributed by atoms with Crippen molar-refractivity contribution in [1.29, 1.82) is 0 Å². The molecule has 2 rings (SSSR count). The average molecular weight is 280 g/mol. The van der Waals surface area contributed by atoms with Gasteiger partial charge in [-0.05, 0) is 55.2 Å². The second kappa shape index (κ2) is 5.19. The molecule has 2 aromatic rings. The summed E-state index contributed by atoms with van der Waals surface area (Å²) in [6.45, 7) is 6.01. The van der Waals surface area contributed by atoms with E-state index in [1.54, 1.807) is 12.1 Å². The molecule has 0 aromatic heterocycles. The molecule has 0 atom stereocenters. The Kier molecular flexibility index (Phi) is 3.75. The SMILES string of the molecule is Cc1cc(C)c(-c2ccc(OC(F)(F)F)cc2)c(C)c1. The third kappa shape index (κ3) is 3.32. The summed E-state index contributed by atoms with van der Waals surface area (Å²) in [5.41, 5.74) is 5.31. The molecular weight excluding hydrogens is 265 g/mol. The molecule has 0 aliphatic carbocycles. The van der Waals surface area contributed by atoms with E-state index in [0.29, 0.717) is 0 Å². The molecule has 0 radical (unpaired) electrons. The first-order valence-electron chi connectivity index (χ1n) is 6.20. The first-order valence-corrected chi connectivity index (χ1v) is 6.20. The summed E-state index contributed by atoms with van der Waals surface area (Å²) in [5, 5.41) is 0. The van der Waals surface area contributed by atoms with Gasteiger partial charge in [-0.2, -0.15) is 0 Å². The van der Waals surface area contributed by atoms with Gasteiger partial charge < -0.3 is 4.74 Å². The Morgan fingerprint density at radius 2 is 1.35 bits per heavy atom. The van der Waals surface area contributed by atoms with Crippen LogP contribution in [-0.2, 0) is 0 Å². The van der Waals surface area contributed by atoms with Gasteiger partial charge in [0.15, 0.2) is 0 Å². The number of benzene rings is 2. The minimum Gasteiger partial charge on any atom is -0.406 e. The van der Waals surface area contributed by atoms with E-state index < -0.39 is 6.36 Å². The molecular formula is C16H15F3O. The molecule has 1 nitrogen and oxygen atoms in total. The van der Waals surface area contributed by atoms with Gasteiger partial charge >= 0.3 is 6.36 Å². The summed E-state index contributed by atoms with van der Waals surface area (Å²) in [4.78, 5) is 0. The summed E-state index contributed by atoms with van der Waals surface area (Å²) in [5.74, 6) is -0.205. The highest BCUT2D eigenvalue weighted by Crippen LogP contribution is 2.31. The lowest BCUT2D eigenvalue weighted by atomic mass is 9.94. The molecule has 0 aliphatic rings. The van der Waals surface area contributed by atoms with Crippen molar-refractivity contribution in [1.82, 2.24) is 0 Å². The Bertz CT molecular complexity index is 590. The van der Waals surface area contributed by atoms with Gasteiger partial charge in [-0.3, -0.25) is 0 Å². The minimum atomic E-state index is -4.66. The Morgan fingerprint density at radius 1 is 0.850 bits per heavy atom. The molecule has 0 heterocycles. The molecule has 0 N–H and O–H groups in total. The van der Waals surface area contributed by atoms with E-state index in [-0.39, 0.29) is 5.75 Å². The fourth-order valence-corrected chi connectivity index (χ4v) is 2.46. The van der Waals surface area contributed by atoms with Crippen molar-refractivity contribution in [3.05, 3.63) is 53.1 Å². The molecule has 20 heavy (non-hydrogen) atoms. The summed E-state index contributed by atoms with van der Waals surface area (Å²) in [6, 6.07) is 10.1. The maximum atomic E-state index is 12.1. The highest BCUT2D eigenvalue weighted by atomic mass is 19.4. The Morgan fingerprint density at radius 3 is 1.80 bits per heavy atom. The van der Waals surface area contributed by atoms with Crippen LogP contribution < -0.4 is 4.74 Å². The largest absolute Gasteiger partial charge is 0.573 e. The molecule has 0 spiro atoms. The molecule has 2 aromatic carbocycles. The van der Waals surface area contributed by atoms with Crippen LogP contribution in [0, 0.1) is 20.8 Å². The van der Waals surface area contributed by atoms with Crippen molar-refractivity contribution >= 4 is 0 Å². The van der Waals surface area contributed by atoms with Crippen LogP contribution in [0.15, 0.2) is 36.4 Å². The van der Waals surface area contributed by atoms with E-state index in [1.807, 2.05) is 20.8 Å². The van der Waals surface area contributed by atoms with E-state index in [9.17, 15) is 13.2 Å². The molecule has 0 unspecified atom stereocenters. The second-order valence-electron chi connectivity index (χ2n) is 4.85. The highest BCUT2D eigenvalue weighted by molar-refractivity contribution is 5.71. The zero-order chi connectivity index (χ0) is 14.9. The van der Waals surface area contributed by atoms with E-state index in [4.69, 9.17) is 0 Å². The van der Waals surface area contributed by atoms with Crippen LogP contribution in [0.3, 0.4) is 0 Å². The molecule has 0 saturated carbocycles. The first-order chi connectivity index (χ1) is 9.26. The van der Waals surface area contributed by atoms with Crippen molar-refractivity contribution in [2.45, 2.75) is 27.1 Å². The summed E-state index contributed by atoms with van der Waals surface area (Å²) < 4.78 is 40.2. The monoisotopic (exact) mass is 280 g/mol. The van der Waals surface area contributed by atoms with Gasteiger partial charge in [0.25, 0.3) is 0 Å². The van der Waals surface area contributed by atoms with Crippen molar-refractivity contribution in [2.24, 2.45) is 0 Å². The van der Waals surface area contributed by atoms with Crippen molar-refractivity contribution < 1.29 is 17.9 Å². The van der Waals surface area contributed by atoms with E-state index in [0.717, 1.165) is 22.3 Å². The third-order valence-electron chi connectivity index (χ3n) is 3.05. The second-order valence-corrected chi connectivity index (χ2v) is 4.85. The van der Waals surface area contributed by atoms with Crippen LogP contribution in [-0.4, -0.2) is 6.36 Å². The average Bonchev–Trinajstić information content (AvgIpc) is 2.28. The molecule has 106 valence electrons. The Labute approximate surface area is 116 Å². The number of alkyl halides is 3. The van der Waals surface area contributed by atoms with Gasteiger partial charge in [0.05, 0.1) is 0 Å². The normalized spacial score (nSPS) is 11.5. The first kappa shape index (κ1) is 14.4. The van der Waals surface area contributed by atoms with Crippen LogP contribution in [0.5, 0.6) is 5.75 Å². The zero-order valence-electron chi connectivity index (χ0n) is 11.5. The zero-order valence-corrected chi connectivity index (χ0v) is 11.5. The van der Waals surface area contributed by atoms with Crippen LogP contribution in [0.4, 0.5) is 13.2 Å².